The van der Waals surface area contributed by atoms with Crippen LogP contribution in [-0.4, -0.2) is 66.0 Å². The number of aryl methyl sites for hydroxylation is 12. The number of carbonyl (C=O) groups is 4. The monoisotopic (exact) mass is 1220 g/mol. The number of benzene rings is 4. The quantitative estimate of drug-likeness (QED) is 0.0556. The molecule has 4 aromatic rings. The van der Waals surface area contributed by atoms with Crippen molar-refractivity contribution in [2.75, 3.05) is 0 Å². The largest absolute Gasteiger partial charge is 0 e. The Kier molecular flexibility index (Phi) is 37.9. The number of allylic oxidation sites excluding steroid dienone is 4. The molecule has 11 nitrogen and oxygen atoms in total. The van der Waals surface area contributed by atoms with E-state index in [9.17, 15) is 39.6 Å². The van der Waals surface area contributed by atoms with Gasteiger partial charge in [0.15, 0.2) is 23.1 Å². The number of aliphatic hydroxyl groups is 6. The zero-order chi connectivity index (χ0) is 65.5. The summed E-state index contributed by atoms with van der Waals surface area (Å²) < 4.78 is 8.25. The fraction of sp³-hybridized carbons (Fsp3) is 0.486. The Morgan fingerprint density at radius 1 is 0.325 bits per heavy atom. The van der Waals surface area contributed by atoms with Crippen LogP contribution in [0.5, 0.6) is 0 Å². The van der Waals surface area contributed by atoms with Gasteiger partial charge in [-0.3, -0.25) is 19.2 Å². The van der Waals surface area contributed by atoms with Crippen LogP contribution < -0.4 is 0 Å². The van der Waals surface area contributed by atoms with E-state index < -0.39 is 21.7 Å². The molecule has 0 radical (unpaired) electrons. The number of carbonyl (C=O) groups excluding carboxylic acids is 4. The average Bonchev–Trinajstić information content (AvgIpc) is 3.24. The molecule has 0 atom stereocenters. The summed E-state index contributed by atoms with van der Waals surface area (Å²) in [6.45, 7) is 52.6. The second-order valence-electron chi connectivity index (χ2n) is 25.9. The van der Waals surface area contributed by atoms with Crippen molar-refractivity contribution >= 4 is 46.2 Å². The minimum absolute atomic E-state index is 0. The van der Waals surface area contributed by atoms with E-state index in [1.54, 1.807) is 27.7 Å². The first kappa shape index (κ1) is 84.3. The number of ketones is 4. The molecule has 0 aliphatic heterocycles. The molecule has 4 rings (SSSR count). The molecule has 4 aromatic carbocycles. The third-order valence-electron chi connectivity index (χ3n) is 11.8. The van der Waals surface area contributed by atoms with Crippen LogP contribution in [0.4, 0.5) is 0 Å². The van der Waals surface area contributed by atoms with Gasteiger partial charge in [-0.2, -0.15) is 0 Å². The first-order chi connectivity index (χ1) is 37.0. The molecule has 0 saturated heterocycles. The topological polar surface area (TPSA) is 207 Å². The van der Waals surface area contributed by atoms with Crippen molar-refractivity contribution in [1.82, 2.24) is 0 Å². The minimum Gasteiger partial charge on any atom is 0 e. The Labute approximate surface area is 527 Å². The van der Waals surface area contributed by atoms with Crippen molar-refractivity contribution in [2.45, 2.75) is 206 Å². The Morgan fingerprint density at radius 3 is 0.506 bits per heavy atom. The van der Waals surface area contributed by atoms with Gasteiger partial charge in [-0.1, -0.05) is 154 Å². The molecule has 83 heavy (non-hydrogen) atoms. The van der Waals surface area contributed by atoms with Gasteiger partial charge < -0.3 is 30.6 Å². The van der Waals surface area contributed by atoms with Gasteiger partial charge in [0.1, 0.15) is 23.0 Å². The molecule has 0 spiro atoms. The minimum atomic E-state index is -0.472. The van der Waals surface area contributed by atoms with Gasteiger partial charge in [-0.25, -0.2) is 0 Å². The summed E-state index contributed by atoms with van der Waals surface area (Å²) in [5.74, 6) is -0.0396. The summed E-state index contributed by atoms with van der Waals surface area (Å²) in [7, 11) is 0. The predicted molar refractivity (Wildman–Crippen MR) is 338 cm³/mol. The van der Waals surface area contributed by atoms with Gasteiger partial charge >= 0.3 is 23.7 Å². The number of rotatable bonds is 8. The molecule has 6 N–H and O–H groups in total. The van der Waals surface area contributed by atoms with E-state index in [-0.39, 0.29) is 80.1 Å². The Balaban J connectivity index is -0.000000472. The van der Waals surface area contributed by atoms with Crippen LogP contribution in [0, 0.1) is 105 Å². The van der Waals surface area contributed by atoms with Gasteiger partial charge in [0.05, 0.1) is 0 Å². The van der Waals surface area contributed by atoms with E-state index in [2.05, 4.69) is 0 Å². The fourth-order valence-electron chi connectivity index (χ4n) is 7.99. The van der Waals surface area contributed by atoms with Crippen LogP contribution in [-0.2, 0) is 64.6 Å². The van der Waals surface area contributed by atoms with Crippen LogP contribution in [0.2, 0.25) is 0 Å². The van der Waals surface area contributed by atoms with Crippen LogP contribution in [0.25, 0.3) is 23.0 Å². The third kappa shape index (κ3) is 32.7. The Hall–Kier alpha value is -5.13. The number of aliphatic hydroxyl groups excluding tert-OH is 6. The SMILES string of the molecule is CC(C)O.CC(C)O.Cc1cc(C)c(/C(O)=C/C(=O)C(C)(C)C)c(C)c1.Cc1cc(C)c(/C(O)=C/C(=O)C(C)(C)C)c(C)c1.Cc1cc(C)c(/C(O)=C/C(=O)C(C)(C)C)c(C)c1.Cc1cc(C)c(/C(O)=C/C(=O)C(C)(C)C)c(C)c1.[O]=[Ti].[Ti]. The summed E-state index contributed by atoms with van der Waals surface area (Å²) in [6, 6.07) is 16.1. The van der Waals surface area contributed by atoms with Gasteiger partial charge in [0.25, 0.3) is 0 Å². The molecule has 0 unspecified atom stereocenters. The molecule has 0 aliphatic rings. The molecule has 0 saturated carbocycles. The molecule has 0 heterocycles. The van der Waals surface area contributed by atoms with Crippen molar-refractivity contribution in [3.05, 3.63) is 162 Å². The first-order valence-corrected chi connectivity index (χ1v) is 28.3. The summed E-state index contributed by atoms with van der Waals surface area (Å²) in [5.41, 5.74) is 13.7. The van der Waals surface area contributed by atoms with Gasteiger partial charge in [-0.05, 0) is 155 Å². The molecular weight excluding hydrogens is 1110 g/mol. The maximum atomic E-state index is 11.9. The summed E-state index contributed by atoms with van der Waals surface area (Å²) in [5, 5.41) is 56.7. The Bertz CT molecular complexity index is 2430. The second kappa shape index (κ2) is 37.3. The van der Waals surface area contributed by atoms with Crippen molar-refractivity contribution < 1.29 is 95.3 Å². The van der Waals surface area contributed by atoms with Crippen molar-refractivity contribution in [1.29, 1.82) is 0 Å². The molecule has 0 bridgehead atoms. The molecule has 0 aliphatic carbocycles. The summed E-state index contributed by atoms with van der Waals surface area (Å²) in [6.07, 6.45) is 5.02. The normalized spacial score (nSPS) is 11.9. The maximum absolute atomic E-state index is 11.9. The van der Waals surface area contributed by atoms with E-state index in [0.717, 1.165) is 109 Å². The predicted octanol–water partition coefficient (Wildman–Crippen LogP) is 17.2. The zero-order valence-corrected chi connectivity index (χ0v) is 58.9. The molecule has 13 heteroatoms. The van der Waals surface area contributed by atoms with E-state index >= 15 is 0 Å². The molecule has 0 aromatic heterocycles. The van der Waals surface area contributed by atoms with Crippen LogP contribution >= 0.6 is 0 Å². The summed E-state index contributed by atoms with van der Waals surface area (Å²) >= 11 is 0.750. The van der Waals surface area contributed by atoms with Crippen molar-refractivity contribution in [3.8, 4) is 0 Å². The van der Waals surface area contributed by atoms with E-state index in [1.165, 1.54) is 24.3 Å². The average molecular weight is 1220 g/mol. The molecular formula is C70H104O11Ti2. The number of hydrogen-bond acceptors (Lipinski definition) is 11. The smallest absolute Gasteiger partial charge is 0 e. The standard InChI is InChI=1S/4C16H22O2.2C3H8O.O.2Ti/c4*1-10-7-11(2)15(12(3)8-10)13(17)9-14(18)16(4,5)6;2*1-3(2)4;;;/h4*7-9,17H,1-6H3;2*3-4H,1-2H3;;;/b4*13-9-;;;;;. The third-order valence-corrected chi connectivity index (χ3v) is 11.8. The Morgan fingerprint density at radius 2 is 0.422 bits per heavy atom. The van der Waals surface area contributed by atoms with Crippen molar-refractivity contribution in [3.63, 3.8) is 0 Å². The zero-order valence-electron chi connectivity index (χ0n) is 55.8. The van der Waals surface area contributed by atoms with E-state index in [4.69, 9.17) is 13.5 Å². The maximum Gasteiger partial charge on any atom is 0 e. The second-order valence-corrected chi connectivity index (χ2v) is 25.9. The number of hydrogen-bond donors (Lipinski definition) is 6. The van der Waals surface area contributed by atoms with E-state index in [1.807, 2.05) is 215 Å². The summed E-state index contributed by atoms with van der Waals surface area (Å²) in [4.78, 5) is 47.6. The van der Waals surface area contributed by atoms with Crippen molar-refractivity contribution in [2.24, 2.45) is 21.7 Å². The van der Waals surface area contributed by atoms with Crippen LogP contribution in [0.3, 0.4) is 0 Å². The molecule has 0 amide bonds. The van der Waals surface area contributed by atoms with Gasteiger partial charge in [-0.15, -0.1) is 0 Å². The first-order valence-electron chi connectivity index (χ1n) is 27.7. The van der Waals surface area contributed by atoms with Gasteiger partial charge in [0, 0.05) is 102 Å². The molecule has 458 valence electrons. The van der Waals surface area contributed by atoms with Crippen LogP contribution in [0.1, 0.15) is 200 Å². The van der Waals surface area contributed by atoms with Crippen LogP contribution in [0.15, 0.2) is 72.8 Å². The molecule has 0 fully saturated rings. The fourth-order valence-corrected chi connectivity index (χ4v) is 7.99. The van der Waals surface area contributed by atoms with Gasteiger partial charge in [0.2, 0.25) is 0 Å². The van der Waals surface area contributed by atoms with E-state index in [0.29, 0.717) is 0 Å².